The summed E-state index contributed by atoms with van der Waals surface area (Å²) in [4.78, 5) is 14.8. The number of amides is 2. The van der Waals surface area contributed by atoms with Crippen LogP contribution in [0.4, 0.5) is 4.79 Å². The monoisotopic (exact) mass is 259 g/mol. The Hall–Kier alpha value is -1.97. The summed E-state index contributed by atoms with van der Waals surface area (Å²) in [5.74, 6) is 0. The van der Waals surface area contributed by atoms with Gasteiger partial charge in [0.25, 0.3) is 0 Å². The first kappa shape index (κ1) is 13.5. The number of H-pyrrole nitrogens is 1. The summed E-state index contributed by atoms with van der Waals surface area (Å²) < 4.78 is 0. The van der Waals surface area contributed by atoms with Crippen LogP contribution in [0.5, 0.6) is 0 Å². The molecule has 4 nitrogen and oxygen atoms in total. The summed E-state index contributed by atoms with van der Waals surface area (Å²) in [7, 11) is 0. The molecule has 102 valence electrons. The van der Waals surface area contributed by atoms with Gasteiger partial charge in [-0.15, -0.1) is 0 Å². The average Bonchev–Trinajstić information content (AvgIpc) is 2.82. The van der Waals surface area contributed by atoms with E-state index >= 15 is 0 Å². The van der Waals surface area contributed by atoms with E-state index in [9.17, 15) is 4.79 Å². The van der Waals surface area contributed by atoms with Gasteiger partial charge in [-0.3, -0.25) is 0 Å². The third-order valence-electron chi connectivity index (χ3n) is 3.34. The minimum atomic E-state index is -0.0887. The van der Waals surface area contributed by atoms with Crippen molar-refractivity contribution in [2.45, 2.75) is 32.7 Å². The van der Waals surface area contributed by atoms with E-state index < -0.39 is 0 Å². The lowest BCUT2D eigenvalue weighted by Gasteiger charge is -2.12. The number of rotatable bonds is 5. The molecule has 1 unspecified atom stereocenters. The standard InChI is InChI=1S/C15H21N3O/c1-3-11(2)18-15(19)16-9-8-12-10-17-14-7-5-4-6-13(12)14/h4-7,10-11,17H,3,8-9H2,1-2H3,(H2,16,18,19). The Bertz CT molecular complexity index is 547. The topological polar surface area (TPSA) is 56.9 Å². The lowest BCUT2D eigenvalue weighted by Crippen LogP contribution is -2.41. The summed E-state index contributed by atoms with van der Waals surface area (Å²) in [5.41, 5.74) is 2.38. The predicted octanol–water partition coefficient (Wildman–Crippen LogP) is 2.81. The minimum Gasteiger partial charge on any atom is -0.361 e. The number of hydrogen-bond acceptors (Lipinski definition) is 1. The van der Waals surface area contributed by atoms with Gasteiger partial charge in [-0.05, 0) is 31.4 Å². The van der Waals surface area contributed by atoms with E-state index in [0.717, 1.165) is 18.4 Å². The van der Waals surface area contributed by atoms with E-state index in [4.69, 9.17) is 0 Å². The van der Waals surface area contributed by atoms with Crippen LogP contribution in [0.3, 0.4) is 0 Å². The number of aromatic nitrogens is 1. The van der Waals surface area contributed by atoms with Crippen LogP contribution < -0.4 is 10.6 Å². The van der Waals surface area contributed by atoms with Gasteiger partial charge in [-0.25, -0.2) is 4.79 Å². The van der Waals surface area contributed by atoms with Crippen molar-refractivity contribution in [1.82, 2.24) is 15.6 Å². The Balaban J connectivity index is 1.84. The van der Waals surface area contributed by atoms with Gasteiger partial charge in [0.1, 0.15) is 0 Å². The van der Waals surface area contributed by atoms with Gasteiger partial charge in [0.2, 0.25) is 0 Å². The van der Waals surface area contributed by atoms with Gasteiger partial charge >= 0.3 is 6.03 Å². The van der Waals surface area contributed by atoms with Gasteiger partial charge in [0.05, 0.1) is 0 Å². The maximum absolute atomic E-state index is 11.6. The Morgan fingerprint density at radius 3 is 2.95 bits per heavy atom. The first-order valence-electron chi connectivity index (χ1n) is 6.80. The largest absolute Gasteiger partial charge is 0.361 e. The molecular formula is C15H21N3O. The van der Waals surface area contributed by atoms with Gasteiger partial charge < -0.3 is 15.6 Å². The van der Waals surface area contributed by atoms with Crippen molar-refractivity contribution < 1.29 is 4.79 Å². The van der Waals surface area contributed by atoms with Crippen LogP contribution >= 0.6 is 0 Å². The molecule has 1 atom stereocenters. The maximum atomic E-state index is 11.6. The minimum absolute atomic E-state index is 0.0887. The van der Waals surface area contributed by atoms with Gasteiger partial charge in [-0.2, -0.15) is 0 Å². The van der Waals surface area contributed by atoms with Crippen molar-refractivity contribution in [2.75, 3.05) is 6.54 Å². The van der Waals surface area contributed by atoms with E-state index in [1.807, 2.05) is 25.3 Å². The third kappa shape index (κ3) is 3.50. The molecule has 1 aromatic carbocycles. The number of carbonyl (C=O) groups excluding carboxylic acids is 1. The van der Waals surface area contributed by atoms with E-state index in [0.29, 0.717) is 6.54 Å². The number of nitrogens with one attached hydrogen (secondary N) is 3. The highest BCUT2D eigenvalue weighted by atomic mass is 16.2. The second kappa shape index (κ2) is 6.27. The fourth-order valence-electron chi connectivity index (χ4n) is 2.03. The molecule has 2 amide bonds. The molecule has 0 bridgehead atoms. The number of hydrogen-bond donors (Lipinski definition) is 3. The number of para-hydroxylation sites is 1. The Morgan fingerprint density at radius 2 is 2.16 bits per heavy atom. The molecule has 0 aliphatic rings. The highest BCUT2D eigenvalue weighted by Gasteiger charge is 2.06. The molecule has 19 heavy (non-hydrogen) atoms. The van der Waals surface area contributed by atoms with Crippen molar-refractivity contribution in [3.8, 4) is 0 Å². The lowest BCUT2D eigenvalue weighted by atomic mass is 10.1. The lowest BCUT2D eigenvalue weighted by molar-refractivity contribution is 0.237. The molecule has 2 aromatic rings. The highest BCUT2D eigenvalue weighted by molar-refractivity contribution is 5.83. The number of carbonyl (C=O) groups is 1. The zero-order chi connectivity index (χ0) is 13.7. The number of urea groups is 1. The Kier molecular flexibility index (Phi) is 4.44. The Morgan fingerprint density at radius 1 is 1.37 bits per heavy atom. The second-order valence-corrected chi connectivity index (χ2v) is 4.82. The molecular weight excluding hydrogens is 238 g/mol. The summed E-state index contributed by atoms with van der Waals surface area (Å²) >= 11 is 0. The molecule has 0 aliphatic carbocycles. The predicted molar refractivity (Wildman–Crippen MR) is 78.3 cm³/mol. The third-order valence-corrected chi connectivity index (χ3v) is 3.34. The average molecular weight is 259 g/mol. The van der Waals surface area contributed by atoms with E-state index in [-0.39, 0.29) is 12.1 Å². The quantitative estimate of drug-likeness (QED) is 0.760. The van der Waals surface area contributed by atoms with Gasteiger partial charge in [-0.1, -0.05) is 25.1 Å². The van der Waals surface area contributed by atoms with Crippen molar-refractivity contribution in [3.05, 3.63) is 36.0 Å². The number of benzene rings is 1. The van der Waals surface area contributed by atoms with Crippen LogP contribution in [0.15, 0.2) is 30.5 Å². The van der Waals surface area contributed by atoms with Crippen LogP contribution in [0, 0.1) is 0 Å². The van der Waals surface area contributed by atoms with Crippen LogP contribution in [0.2, 0.25) is 0 Å². The first-order chi connectivity index (χ1) is 9.20. The molecule has 3 N–H and O–H groups in total. The molecule has 0 aliphatic heterocycles. The molecule has 2 rings (SSSR count). The van der Waals surface area contributed by atoms with Crippen LogP contribution in [-0.4, -0.2) is 23.6 Å². The molecule has 0 fully saturated rings. The summed E-state index contributed by atoms with van der Waals surface area (Å²) in [6.45, 7) is 4.69. The number of fused-ring (bicyclic) bond motifs is 1. The maximum Gasteiger partial charge on any atom is 0.315 e. The highest BCUT2D eigenvalue weighted by Crippen LogP contribution is 2.17. The van der Waals surface area contributed by atoms with E-state index in [1.165, 1.54) is 10.9 Å². The van der Waals surface area contributed by atoms with Crippen molar-refractivity contribution in [1.29, 1.82) is 0 Å². The van der Waals surface area contributed by atoms with Crippen molar-refractivity contribution in [2.24, 2.45) is 0 Å². The van der Waals surface area contributed by atoms with E-state index in [1.54, 1.807) is 0 Å². The van der Waals surface area contributed by atoms with Gasteiger partial charge in [0, 0.05) is 29.7 Å². The smallest absolute Gasteiger partial charge is 0.315 e. The fraction of sp³-hybridized carbons (Fsp3) is 0.400. The normalized spacial score (nSPS) is 12.3. The summed E-state index contributed by atoms with van der Waals surface area (Å²) in [6, 6.07) is 8.33. The zero-order valence-electron chi connectivity index (χ0n) is 11.5. The molecule has 1 aromatic heterocycles. The van der Waals surface area contributed by atoms with E-state index in [2.05, 4.69) is 34.7 Å². The van der Waals surface area contributed by atoms with Crippen LogP contribution in [0.25, 0.3) is 10.9 Å². The number of aromatic amines is 1. The first-order valence-corrected chi connectivity index (χ1v) is 6.80. The van der Waals surface area contributed by atoms with Crippen LogP contribution in [0.1, 0.15) is 25.8 Å². The Labute approximate surface area is 113 Å². The SMILES string of the molecule is CCC(C)NC(=O)NCCc1c[nH]c2ccccc12. The molecule has 0 saturated heterocycles. The molecule has 0 radical (unpaired) electrons. The summed E-state index contributed by atoms with van der Waals surface area (Å²) in [6.07, 6.45) is 3.78. The van der Waals surface area contributed by atoms with Gasteiger partial charge in [0.15, 0.2) is 0 Å². The second-order valence-electron chi connectivity index (χ2n) is 4.82. The zero-order valence-corrected chi connectivity index (χ0v) is 11.5. The molecule has 0 spiro atoms. The van der Waals surface area contributed by atoms with Crippen LogP contribution in [-0.2, 0) is 6.42 Å². The van der Waals surface area contributed by atoms with Crippen molar-refractivity contribution >= 4 is 16.9 Å². The van der Waals surface area contributed by atoms with Crippen molar-refractivity contribution in [3.63, 3.8) is 0 Å². The molecule has 0 saturated carbocycles. The summed E-state index contributed by atoms with van der Waals surface area (Å²) in [5, 5.41) is 7.00. The molecule has 4 heteroatoms. The fourth-order valence-corrected chi connectivity index (χ4v) is 2.03. The molecule has 1 heterocycles.